The number of hydrogen-bond donors (Lipinski definition) is 1. The number of carbonyl (C=O) groups excluding carboxylic acids is 1. The van der Waals surface area contributed by atoms with E-state index in [9.17, 15) is 9.59 Å². The van der Waals surface area contributed by atoms with Crippen LogP contribution in [0.1, 0.15) is 15.9 Å². The summed E-state index contributed by atoms with van der Waals surface area (Å²) in [6.07, 6.45) is 2.16. The van der Waals surface area contributed by atoms with Crippen molar-refractivity contribution >= 4 is 22.5 Å². The lowest BCUT2D eigenvalue weighted by Crippen LogP contribution is -2.27. The van der Waals surface area contributed by atoms with Crippen molar-refractivity contribution < 1.29 is 14.3 Å². The molecule has 0 unspecified atom stereocenters. The first kappa shape index (κ1) is 19.4. The lowest BCUT2D eigenvalue weighted by atomic mass is 10.1. The molecular weight excluding hydrogens is 382 g/mol. The Kier molecular flexibility index (Phi) is 5.34. The van der Waals surface area contributed by atoms with Crippen LogP contribution in [0.3, 0.4) is 0 Å². The number of para-hydroxylation sites is 1. The lowest BCUT2D eigenvalue weighted by molar-refractivity contribution is 0.0953. The van der Waals surface area contributed by atoms with E-state index in [-0.39, 0.29) is 11.5 Å². The molecule has 0 bridgehead atoms. The first-order valence-corrected chi connectivity index (χ1v) is 9.51. The second-order valence-electron chi connectivity index (χ2n) is 6.78. The Balaban J connectivity index is 1.50. The number of benzene rings is 2. The first-order chi connectivity index (χ1) is 14.6. The molecule has 2 heterocycles. The van der Waals surface area contributed by atoms with E-state index in [0.717, 1.165) is 5.56 Å². The van der Waals surface area contributed by atoms with Gasteiger partial charge in [-0.3, -0.25) is 14.0 Å². The van der Waals surface area contributed by atoms with Crippen molar-refractivity contribution in [2.75, 3.05) is 20.8 Å². The Labute approximate surface area is 172 Å². The van der Waals surface area contributed by atoms with Crippen LogP contribution >= 0.6 is 0 Å². The van der Waals surface area contributed by atoms with Crippen LogP contribution in [0.4, 0.5) is 0 Å². The number of rotatable bonds is 6. The number of hydrogen-bond acceptors (Lipinski definition) is 5. The van der Waals surface area contributed by atoms with Crippen molar-refractivity contribution in [3.05, 3.63) is 82.3 Å². The van der Waals surface area contributed by atoms with Crippen LogP contribution in [-0.2, 0) is 6.42 Å². The highest BCUT2D eigenvalue weighted by molar-refractivity contribution is 5.94. The van der Waals surface area contributed by atoms with Crippen LogP contribution in [0.25, 0.3) is 16.6 Å². The molecule has 152 valence electrons. The summed E-state index contributed by atoms with van der Waals surface area (Å²) >= 11 is 0. The normalized spacial score (nSPS) is 10.9. The molecular formula is C23H21N3O4. The van der Waals surface area contributed by atoms with Crippen LogP contribution < -0.4 is 20.3 Å². The van der Waals surface area contributed by atoms with Crippen LogP contribution in [0.2, 0.25) is 0 Å². The molecule has 0 spiro atoms. The molecule has 4 rings (SSSR count). The Morgan fingerprint density at radius 3 is 2.63 bits per heavy atom. The van der Waals surface area contributed by atoms with E-state index in [1.807, 2.05) is 24.3 Å². The molecule has 2 aromatic heterocycles. The van der Waals surface area contributed by atoms with Crippen LogP contribution in [-0.4, -0.2) is 36.1 Å². The van der Waals surface area contributed by atoms with Gasteiger partial charge in [-0.15, -0.1) is 0 Å². The number of ether oxygens (including phenoxy) is 2. The fourth-order valence-electron chi connectivity index (χ4n) is 3.34. The minimum absolute atomic E-state index is 0.199. The van der Waals surface area contributed by atoms with Gasteiger partial charge in [0.2, 0.25) is 0 Å². The van der Waals surface area contributed by atoms with Gasteiger partial charge in [-0.05, 0) is 48.4 Å². The molecule has 7 heteroatoms. The van der Waals surface area contributed by atoms with E-state index < -0.39 is 0 Å². The molecule has 0 radical (unpaired) electrons. The second-order valence-corrected chi connectivity index (χ2v) is 6.78. The zero-order chi connectivity index (χ0) is 21.1. The third kappa shape index (κ3) is 3.69. The highest BCUT2D eigenvalue weighted by atomic mass is 16.5. The number of aromatic nitrogens is 2. The molecule has 0 saturated carbocycles. The average Bonchev–Trinajstić information content (AvgIpc) is 2.79. The van der Waals surface area contributed by atoms with E-state index in [1.54, 1.807) is 44.6 Å². The average molecular weight is 403 g/mol. The molecule has 1 N–H and O–H groups in total. The monoisotopic (exact) mass is 403 g/mol. The largest absolute Gasteiger partial charge is 0.493 e. The smallest absolute Gasteiger partial charge is 0.265 e. The number of pyridine rings is 1. The van der Waals surface area contributed by atoms with Gasteiger partial charge in [0.05, 0.1) is 30.7 Å². The van der Waals surface area contributed by atoms with Gasteiger partial charge in [-0.25, -0.2) is 4.98 Å². The van der Waals surface area contributed by atoms with E-state index in [0.29, 0.717) is 46.6 Å². The lowest BCUT2D eigenvalue weighted by Gasteiger charge is -2.10. The Hall–Kier alpha value is -3.87. The van der Waals surface area contributed by atoms with Gasteiger partial charge < -0.3 is 14.8 Å². The van der Waals surface area contributed by atoms with Crippen LogP contribution in [0, 0.1) is 0 Å². The van der Waals surface area contributed by atoms with Gasteiger partial charge in [-0.2, -0.15) is 0 Å². The van der Waals surface area contributed by atoms with Gasteiger partial charge in [-0.1, -0.05) is 18.2 Å². The van der Waals surface area contributed by atoms with Crippen molar-refractivity contribution in [3.8, 4) is 11.5 Å². The number of nitrogens with one attached hydrogen (secondary N) is 1. The molecule has 1 amide bonds. The van der Waals surface area contributed by atoms with Gasteiger partial charge in [0.15, 0.2) is 11.5 Å². The highest BCUT2D eigenvalue weighted by Crippen LogP contribution is 2.27. The summed E-state index contributed by atoms with van der Waals surface area (Å²) in [6, 6.07) is 16.2. The molecule has 2 aromatic carbocycles. The molecule has 0 aliphatic rings. The van der Waals surface area contributed by atoms with Crippen molar-refractivity contribution in [2.45, 2.75) is 6.42 Å². The number of carbonyl (C=O) groups is 1. The fourth-order valence-corrected chi connectivity index (χ4v) is 3.34. The van der Waals surface area contributed by atoms with E-state index >= 15 is 0 Å². The van der Waals surface area contributed by atoms with Gasteiger partial charge in [0, 0.05) is 12.7 Å². The van der Waals surface area contributed by atoms with Gasteiger partial charge in [0.25, 0.3) is 11.5 Å². The molecule has 30 heavy (non-hydrogen) atoms. The minimum atomic E-state index is -0.252. The fraction of sp³-hybridized carbons (Fsp3) is 0.174. The summed E-state index contributed by atoms with van der Waals surface area (Å²) in [6.45, 7) is 0.442. The number of fused-ring (bicyclic) bond motifs is 2. The van der Waals surface area contributed by atoms with E-state index in [4.69, 9.17) is 9.47 Å². The van der Waals surface area contributed by atoms with Crippen LogP contribution in [0.15, 0.2) is 65.6 Å². The summed E-state index contributed by atoms with van der Waals surface area (Å²) in [5, 5.41) is 3.40. The third-order valence-corrected chi connectivity index (χ3v) is 4.92. The Morgan fingerprint density at radius 2 is 1.83 bits per heavy atom. The number of methoxy groups -OCH3 is 2. The second kappa shape index (κ2) is 8.24. The zero-order valence-electron chi connectivity index (χ0n) is 16.7. The SMILES string of the molecule is COc1ccc(CCNC(=O)c2ccc3nc4ccccc4c(=O)n3c2)cc1OC. The maximum Gasteiger partial charge on any atom is 0.265 e. The van der Waals surface area contributed by atoms with E-state index in [2.05, 4.69) is 10.3 Å². The standard InChI is InChI=1S/C23H21N3O4/c1-29-19-9-7-15(13-20(19)30-2)11-12-24-22(27)16-8-10-21-25-18-6-4-3-5-17(18)23(28)26(21)14-16/h3-10,13-14H,11-12H2,1-2H3,(H,24,27). The Morgan fingerprint density at radius 1 is 1.03 bits per heavy atom. The molecule has 0 fully saturated rings. The van der Waals surface area contributed by atoms with Crippen LogP contribution in [0.5, 0.6) is 11.5 Å². The van der Waals surface area contributed by atoms with Crippen molar-refractivity contribution in [2.24, 2.45) is 0 Å². The van der Waals surface area contributed by atoms with Crippen molar-refractivity contribution in [3.63, 3.8) is 0 Å². The number of amides is 1. The highest BCUT2D eigenvalue weighted by Gasteiger charge is 2.10. The summed E-state index contributed by atoms with van der Waals surface area (Å²) in [7, 11) is 3.17. The van der Waals surface area contributed by atoms with Gasteiger partial charge >= 0.3 is 0 Å². The zero-order valence-corrected chi connectivity index (χ0v) is 16.7. The predicted molar refractivity (Wildman–Crippen MR) is 115 cm³/mol. The molecule has 0 aliphatic heterocycles. The molecule has 7 nitrogen and oxygen atoms in total. The molecule has 0 aliphatic carbocycles. The molecule has 0 atom stereocenters. The summed E-state index contributed by atoms with van der Waals surface area (Å²) in [5.41, 5.74) is 2.35. The minimum Gasteiger partial charge on any atom is -0.493 e. The predicted octanol–water partition coefficient (Wildman–Crippen LogP) is 2.84. The van der Waals surface area contributed by atoms with E-state index in [1.165, 1.54) is 10.6 Å². The molecule has 4 aromatic rings. The number of nitrogens with zero attached hydrogens (tertiary/aromatic N) is 2. The van der Waals surface area contributed by atoms with Gasteiger partial charge in [0.1, 0.15) is 5.65 Å². The summed E-state index contributed by atoms with van der Waals surface area (Å²) < 4.78 is 11.9. The topological polar surface area (TPSA) is 81.9 Å². The van der Waals surface area contributed by atoms with Crippen molar-refractivity contribution in [1.29, 1.82) is 0 Å². The Bertz CT molecular complexity index is 1300. The maximum absolute atomic E-state index is 12.7. The quantitative estimate of drug-likeness (QED) is 0.501. The first-order valence-electron chi connectivity index (χ1n) is 9.51. The maximum atomic E-state index is 12.7. The van der Waals surface area contributed by atoms with Crippen molar-refractivity contribution in [1.82, 2.24) is 14.7 Å². The summed E-state index contributed by atoms with van der Waals surface area (Å²) in [5.74, 6) is 1.06. The third-order valence-electron chi connectivity index (χ3n) is 4.92. The summed E-state index contributed by atoms with van der Waals surface area (Å²) in [4.78, 5) is 29.8. The molecule has 0 saturated heterocycles.